The minimum atomic E-state index is -0.809. The number of benzene rings is 1. The van der Waals surface area contributed by atoms with E-state index >= 15 is 0 Å². The fourth-order valence-corrected chi connectivity index (χ4v) is 2.96. The molecule has 1 aromatic carbocycles. The summed E-state index contributed by atoms with van der Waals surface area (Å²) in [5, 5.41) is 12.9. The molecular weight excluding hydrogens is 238 g/mol. The van der Waals surface area contributed by atoms with Crippen LogP contribution in [-0.2, 0) is 11.3 Å². The van der Waals surface area contributed by atoms with Crippen LogP contribution in [0.15, 0.2) is 30.3 Å². The summed E-state index contributed by atoms with van der Waals surface area (Å²) in [5.41, 5.74) is 0.321. The standard InChI is InChI=1S/C16H23NO2/c1-16(15(18)19,14-10-6-3-7-11-14)17-12-13-8-4-2-5-9-13/h2,4-5,8-9,14,17H,3,6-7,10-12H2,1H3,(H,18,19). The average Bonchev–Trinajstić information content (AvgIpc) is 2.46. The van der Waals surface area contributed by atoms with Crippen molar-refractivity contribution in [1.82, 2.24) is 5.32 Å². The van der Waals surface area contributed by atoms with E-state index in [9.17, 15) is 9.90 Å². The fourth-order valence-electron chi connectivity index (χ4n) is 2.96. The van der Waals surface area contributed by atoms with E-state index < -0.39 is 11.5 Å². The van der Waals surface area contributed by atoms with Crippen molar-refractivity contribution in [2.24, 2.45) is 5.92 Å². The predicted octanol–water partition coefficient (Wildman–Crippen LogP) is 3.20. The molecule has 19 heavy (non-hydrogen) atoms. The van der Waals surface area contributed by atoms with Crippen molar-refractivity contribution in [2.75, 3.05) is 0 Å². The van der Waals surface area contributed by atoms with Crippen LogP contribution in [0, 0.1) is 5.92 Å². The van der Waals surface area contributed by atoms with Crippen molar-refractivity contribution in [3.63, 3.8) is 0 Å². The Kier molecular flexibility index (Phi) is 4.59. The van der Waals surface area contributed by atoms with Crippen LogP contribution >= 0.6 is 0 Å². The Balaban J connectivity index is 2.04. The molecule has 0 radical (unpaired) electrons. The monoisotopic (exact) mass is 261 g/mol. The topological polar surface area (TPSA) is 49.3 Å². The van der Waals surface area contributed by atoms with Crippen LogP contribution in [0.4, 0.5) is 0 Å². The van der Waals surface area contributed by atoms with E-state index in [0.29, 0.717) is 6.54 Å². The van der Waals surface area contributed by atoms with Crippen molar-refractivity contribution in [3.05, 3.63) is 35.9 Å². The second-order valence-corrected chi connectivity index (χ2v) is 5.68. The molecule has 104 valence electrons. The summed E-state index contributed by atoms with van der Waals surface area (Å²) in [6.45, 7) is 2.45. The van der Waals surface area contributed by atoms with Crippen LogP contribution in [0.25, 0.3) is 0 Å². The van der Waals surface area contributed by atoms with Gasteiger partial charge in [-0.3, -0.25) is 10.1 Å². The number of rotatable bonds is 5. The van der Waals surface area contributed by atoms with Gasteiger partial charge in [0.2, 0.25) is 0 Å². The van der Waals surface area contributed by atoms with Gasteiger partial charge >= 0.3 is 5.97 Å². The highest BCUT2D eigenvalue weighted by Gasteiger charge is 2.41. The van der Waals surface area contributed by atoms with Crippen LogP contribution in [0.5, 0.6) is 0 Å². The Labute approximate surface area is 115 Å². The second-order valence-electron chi connectivity index (χ2n) is 5.68. The molecule has 0 bridgehead atoms. The highest BCUT2D eigenvalue weighted by atomic mass is 16.4. The molecule has 0 saturated heterocycles. The van der Waals surface area contributed by atoms with Crippen molar-refractivity contribution in [1.29, 1.82) is 0 Å². The molecule has 1 aliphatic carbocycles. The number of carboxylic acids is 1. The smallest absolute Gasteiger partial charge is 0.323 e. The molecule has 1 unspecified atom stereocenters. The summed E-state index contributed by atoms with van der Waals surface area (Å²) in [5.74, 6) is -0.488. The molecule has 1 fully saturated rings. The number of hydrogen-bond donors (Lipinski definition) is 2. The van der Waals surface area contributed by atoms with Gasteiger partial charge in [0.15, 0.2) is 0 Å². The molecule has 0 amide bonds. The lowest BCUT2D eigenvalue weighted by Crippen LogP contribution is -2.55. The SMILES string of the molecule is CC(NCc1ccccc1)(C(=O)O)C1CCCCC1. The maximum Gasteiger partial charge on any atom is 0.323 e. The molecule has 0 spiro atoms. The van der Waals surface area contributed by atoms with E-state index in [2.05, 4.69) is 5.32 Å². The van der Waals surface area contributed by atoms with Crippen molar-refractivity contribution >= 4 is 5.97 Å². The third kappa shape index (κ3) is 3.35. The van der Waals surface area contributed by atoms with Gasteiger partial charge in [0.1, 0.15) is 5.54 Å². The van der Waals surface area contributed by atoms with Crippen molar-refractivity contribution < 1.29 is 9.90 Å². The van der Waals surface area contributed by atoms with Crippen LogP contribution in [0.1, 0.15) is 44.6 Å². The van der Waals surface area contributed by atoms with Crippen LogP contribution in [0.2, 0.25) is 0 Å². The molecule has 2 N–H and O–H groups in total. The molecule has 2 rings (SSSR count). The van der Waals surface area contributed by atoms with Gasteiger partial charge in [-0.25, -0.2) is 0 Å². The van der Waals surface area contributed by atoms with Gasteiger partial charge in [-0.05, 0) is 31.2 Å². The largest absolute Gasteiger partial charge is 0.480 e. The lowest BCUT2D eigenvalue weighted by molar-refractivity contribution is -0.147. The molecule has 3 heteroatoms. The molecule has 1 atom stereocenters. The van der Waals surface area contributed by atoms with Gasteiger partial charge in [-0.2, -0.15) is 0 Å². The summed E-state index contributed by atoms with van der Waals surface area (Å²) in [6.07, 6.45) is 5.58. The first-order valence-corrected chi connectivity index (χ1v) is 7.15. The summed E-state index contributed by atoms with van der Waals surface area (Å²) in [7, 11) is 0. The zero-order valence-electron chi connectivity index (χ0n) is 11.6. The molecule has 3 nitrogen and oxygen atoms in total. The molecule has 0 heterocycles. The van der Waals surface area contributed by atoms with Crippen LogP contribution in [0.3, 0.4) is 0 Å². The van der Waals surface area contributed by atoms with Gasteiger partial charge in [0, 0.05) is 6.54 Å². The molecule has 1 aliphatic rings. The van der Waals surface area contributed by atoms with E-state index in [-0.39, 0.29) is 5.92 Å². The first-order valence-electron chi connectivity index (χ1n) is 7.15. The first-order chi connectivity index (χ1) is 9.13. The average molecular weight is 261 g/mol. The Bertz CT molecular complexity index is 412. The number of nitrogens with one attached hydrogen (secondary N) is 1. The summed E-state index contributed by atoms with van der Waals surface area (Å²) < 4.78 is 0. The Morgan fingerprint density at radius 2 is 1.89 bits per heavy atom. The van der Waals surface area contributed by atoms with E-state index in [1.54, 1.807) is 0 Å². The van der Waals surface area contributed by atoms with E-state index in [0.717, 1.165) is 31.2 Å². The third-order valence-electron chi connectivity index (χ3n) is 4.37. The Morgan fingerprint density at radius 1 is 1.26 bits per heavy atom. The maximum absolute atomic E-state index is 11.7. The van der Waals surface area contributed by atoms with Gasteiger partial charge in [0.05, 0.1) is 0 Å². The lowest BCUT2D eigenvalue weighted by atomic mass is 9.75. The van der Waals surface area contributed by atoms with E-state index in [1.807, 2.05) is 37.3 Å². The second kappa shape index (κ2) is 6.20. The highest BCUT2D eigenvalue weighted by Crippen LogP contribution is 2.33. The predicted molar refractivity (Wildman–Crippen MR) is 75.9 cm³/mol. The number of carbonyl (C=O) groups is 1. The quantitative estimate of drug-likeness (QED) is 0.855. The van der Waals surface area contributed by atoms with Gasteiger partial charge in [-0.15, -0.1) is 0 Å². The fraction of sp³-hybridized carbons (Fsp3) is 0.562. The normalized spacial score (nSPS) is 19.8. The minimum Gasteiger partial charge on any atom is -0.480 e. The van der Waals surface area contributed by atoms with E-state index in [4.69, 9.17) is 0 Å². The Hall–Kier alpha value is -1.35. The number of carboxylic acid groups (broad SMARTS) is 1. The van der Waals surface area contributed by atoms with Gasteiger partial charge < -0.3 is 5.11 Å². The van der Waals surface area contributed by atoms with Crippen molar-refractivity contribution in [2.45, 2.75) is 51.1 Å². The lowest BCUT2D eigenvalue weighted by Gasteiger charge is -2.37. The molecular formula is C16H23NO2. The van der Waals surface area contributed by atoms with Crippen molar-refractivity contribution in [3.8, 4) is 0 Å². The molecule has 1 saturated carbocycles. The maximum atomic E-state index is 11.7. The zero-order chi connectivity index (χ0) is 13.7. The van der Waals surface area contributed by atoms with E-state index in [1.165, 1.54) is 6.42 Å². The minimum absolute atomic E-state index is 0.238. The molecule has 1 aromatic rings. The summed E-state index contributed by atoms with van der Waals surface area (Å²) in [6, 6.07) is 9.98. The zero-order valence-corrected chi connectivity index (χ0v) is 11.6. The summed E-state index contributed by atoms with van der Waals surface area (Å²) >= 11 is 0. The highest BCUT2D eigenvalue weighted by molar-refractivity contribution is 5.78. The van der Waals surface area contributed by atoms with Gasteiger partial charge in [-0.1, -0.05) is 49.6 Å². The molecule has 0 aliphatic heterocycles. The van der Waals surface area contributed by atoms with Crippen LogP contribution < -0.4 is 5.32 Å². The first kappa shape index (κ1) is 14.1. The number of aliphatic carboxylic acids is 1. The van der Waals surface area contributed by atoms with Gasteiger partial charge in [0.25, 0.3) is 0 Å². The Morgan fingerprint density at radius 3 is 2.47 bits per heavy atom. The summed E-state index contributed by atoms with van der Waals surface area (Å²) in [4.78, 5) is 11.7. The molecule has 0 aromatic heterocycles. The van der Waals surface area contributed by atoms with Crippen LogP contribution in [-0.4, -0.2) is 16.6 Å². The number of hydrogen-bond acceptors (Lipinski definition) is 2. The third-order valence-corrected chi connectivity index (χ3v) is 4.37.